The first-order valence-corrected chi connectivity index (χ1v) is 17.7. The zero-order valence-electron chi connectivity index (χ0n) is 27.7. The number of likely N-dealkylation sites (tertiary alicyclic amines) is 1. The van der Waals surface area contributed by atoms with Gasteiger partial charge in [-0.15, -0.1) is 0 Å². The molecular formula is C30H37N8O14P. The van der Waals surface area contributed by atoms with Crippen LogP contribution < -0.4 is 27.6 Å². The Kier molecular flexibility index (Phi) is 12.0. The Balaban J connectivity index is 1.32. The van der Waals surface area contributed by atoms with Crippen molar-refractivity contribution in [2.24, 2.45) is 15.7 Å². The molecule has 10 N–H and O–H groups in total. The molecule has 0 aliphatic carbocycles. The second kappa shape index (κ2) is 16.3. The lowest BCUT2D eigenvalue weighted by Gasteiger charge is -2.42. The number of aliphatic carboxylic acids is 2. The minimum absolute atomic E-state index is 0.0255. The minimum atomic E-state index is -4.87. The largest absolute Gasteiger partial charge is 0.481 e. The van der Waals surface area contributed by atoms with Crippen LogP contribution in [0.4, 0.5) is 5.69 Å². The van der Waals surface area contributed by atoms with Gasteiger partial charge < -0.3 is 46.2 Å². The van der Waals surface area contributed by atoms with Gasteiger partial charge in [0.2, 0.25) is 5.96 Å². The highest BCUT2D eigenvalue weighted by Gasteiger charge is 2.42. The first-order chi connectivity index (χ1) is 25.0. The van der Waals surface area contributed by atoms with E-state index >= 15 is 0 Å². The van der Waals surface area contributed by atoms with E-state index in [1.807, 2.05) is 0 Å². The van der Waals surface area contributed by atoms with E-state index in [1.165, 1.54) is 18.3 Å². The molecule has 4 heterocycles. The number of hydrogen-bond donors (Lipinski definition) is 9. The number of ether oxygens (including phenoxy) is 1. The molecule has 2 saturated heterocycles. The van der Waals surface area contributed by atoms with Crippen LogP contribution in [0.2, 0.25) is 0 Å². The predicted molar refractivity (Wildman–Crippen MR) is 181 cm³/mol. The molecule has 23 heteroatoms. The molecule has 1 aromatic carbocycles. The number of aromatic nitrogens is 2. The van der Waals surface area contributed by atoms with Crippen LogP contribution in [0.3, 0.4) is 0 Å². The summed E-state index contributed by atoms with van der Waals surface area (Å²) < 4.78 is 22.2. The number of nitrogens with two attached hydrogens (primary N) is 1. The molecule has 286 valence electrons. The lowest BCUT2D eigenvalue weighted by atomic mass is 9.91. The number of amides is 2. The molecule has 3 unspecified atom stereocenters. The lowest BCUT2D eigenvalue weighted by molar-refractivity contribution is -0.140. The summed E-state index contributed by atoms with van der Waals surface area (Å²) in [6, 6.07) is 3.15. The molecule has 5 rings (SSSR count). The van der Waals surface area contributed by atoms with Gasteiger partial charge in [-0.1, -0.05) is 0 Å². The van der Waals surface area contributed by atoms with Crippen molar-refractivity contribution in [3.63, 3.8) is 0 Å². The number of H-pyrrole nitrogens is 1. The number of aliphatic hydroxyl groups is 1. The Morgan fingerprint density at radius 3 is 2.51 bits per heavy atom. The van der Waals surface area contributed by atoms with Gasteiger partial charge in [0.25, 0.3) is 17.4 Å². The summed E-state index contributed by atoms with van der Waals surface area (Å²) in [6.07, 6.45) is -2.50. The van der Waals surface area contributed by atoms with Crippen molar-refractivity contribution in [3.8, 4) is 0 Å². The summed E-state index contributed by atoms with van der Waals surface area (Å²) in [5, 5.41) is 34.1. The fourth-order valence-electron chi connectivity index (χ4n) is 6.21. The standard InChI is InChI=1S/C30H37N8O14P/c31-29-34-18-6-5-17(10-32-16-3-1-14(2-4-16)25(42)33-19(28(45)46)7-8-23(40)41)37(24(18)27(44)35-29)11-15-12-38(30(47)36-26(15)43)22-9-20(39)21(52-22)13-51-53(48,49)50/h1-4,12,17,19-22,24,32,39H,5-11,13H2,(H,33,42)(H,40,41)(H,45,46)(H2,31,35,44)(H,36,43,47)(H2,48,49,50)/t17?,19?,20-,21+,22+,24?/m0/s1. The van der Waals surface area contributed by atoms with Gasteiger partial charge >= 0.3 is 25.5 Å². The van der Waals surface area contributed by atoms with Crippen molar-refractivity contribution >= 4 is 48.9 Å². The van der Waals surface area contributed by atoms with Crippen LogP contribution in [0.5, 0.6) is 0 Å². The van der Waals surface area contributed by atoms with Gasteiger partial charge in [-0.25, -0.2) is 19.1 Å². The summed E-state index contributed by atoms with van der Waals surface area (Å²) in [5.41, 5.74) is 5.21. The summed E-state index contributed by atoms with van der Waals surface area (Å²) in [5.74, 6) is -4.12. The molecule has 2 aromatic rings. The highest BCUT2D eigenvalue weighted by molar-refractivity contribution is 7.46. The van der Waals surface area contributed by atoms with Gasteiger partial charge in [0.1, 0.15) is 24.4 Å². The van der Waals surface area contributed by atoms with Gasteiger partial charge in [0.05, 0.1) is 12.7 Å². The second-order valence-electron chi connectivity index (χ2n) is 12.5. The van der Waals surface area contributed by atoms with Crippen LogP contribution in [-0.4, -0.2) is 118 Å². The Labute approximate surface area is 298 Å². The molecule has 2 fully saturated rings. The van der Waals surface area contributed by atoms with E-state index in [0.29, 0.717) is 24.2 Å². The van der Waals surface area contributed by atoms with E-state index in [1.54, 1.807) is 17.0 Å². The number of carbonyl (C=O) groups excluding carboxylic acids is 2. The molecule has 0 spiro atoms. The number of nitrogens with zero attached hydrogens (tertiary/aromatic N) is 4. The number of nitrogens with one attached hydrogen (secondary N) is 3. The number of phosphoric acid groups is 1. The van der Waals surface area contributed by atoms with Crippen LogP contribution in [-0.2, 0) is 34.8 Å². The van der Waals surface area contributed by atoms with Crippen molar-refractivity contribution in [3.05, 3.63) is 62.4 Å². The number of hydrogen-bond acceptors (Lipinski definition) is 14. The Morgan fingerprint density at radius 1 is 1.13 bits per heavy atom. The van der Waals surface area contributed by atoms with Gasteiger partial charge in [-0.2, -0.15) is 4.99 Å². The summed E-state index contributed by atoms with van der Waals surface area (Å²) in [4.78, 5) is 104. The maximum atomic E-state index is 13.2. The quantitative estimate of drug-likeness (QED) is 0.0893. The van der Waals surface area contributed by atoms with E-state index in [-0.39, 0.29) is 43.0 Å². The first-order valence-electron chi connectivity index (χ1n) is 16.2. The van der Waals surface area contributed by atoms with Gasteiger partial charge in [-0.05, 0) is 43.5 Å². The fraction of sp³-hybridized carbons (Fsp3) is 0.467. The maximum Gasteiger partial charge on any atom is 0.469 e. The van der Waals surface area contributed by atoms with Gasteiger partial charge in [0, 0.05) is 60.7 Å². The number of carboxylic acid groups (broad SMARTS) is 2. The third kappa shape index (κ3) is 9.87. The van der Waals surface area contributed by atoms with Crippen LogP contribution in [0, 0.1) is 0 Å². The third-order valence-corrected chi connectivity index (χ3v) is 9.31. The number of carboxylic acids is 2. The minimum Gasteiger partial charge on any atom is -0.481 e. The van der Waals surface area contributed by atoms with Crippen LogP contribution in [0.25, 0.3) is 0 Å². The number of guanidine groups is 1. The zero-order chi connectivity index (χ0) is 38.6. The normalized spacial score (nSPS) is 23.8. The molecule has 1 aromatic heterocycles. The highest BCUT2D eigenvalue weighted by atomic mass is 31.2. The van der Waals surface area contributed by atoms with Crippen molar-refractivity contribution in [2.75, 3.05) is 18.5 Å². The Morgan fingerprint density at radius 2 is 1.85 bits per heavy atom. The highest BCUT2D eigenvalue weighted by Crippen LogP contribution is 2.38. The zero-order valence-corrected chi connectivity index (χ0v) is 28.6. The lowest BCUT2D eigenvalue weighted by Crippen LogP contribution is -2.58. The number of phosphoric ester groups is 1. The predicted octanol–water partition coefficient (Wildman–Crippen LogP) is -1.92. The smallest absolute Gasteiger partial charge is 0.469 e. The molecule has 3 aliphatic rings. The van der Waals surface area contributed by atoms with Crippen molar-refractivity contribution in [2.45, 2.75) is 75.2 Å². The molecular weight excluding hydrogens is 727 g/mol. The molecule has 6 atom stereocenters. The first kappa shape index (κ1) is 39.1. The third-order valence-electron chi connectivity index (χ3n) is 8.82. The van der Waals surface area contributed by atoms with E-state index < -0.39 is 92.4 Å². The van der Waals surface area contributed by atoms with Crippen LogP contribution in [0.15, 0.2) is 50.0 Å². The Bertz CT molecular complexity index is 1980. The molecule has 0 radical (unpaired) electrons. The van der Waals surface area contributed by atoms with E-state index in [4.69, 9.17) is 25.4 Å². The summed E-state index contributed by atoms with van der Waals surface area (Å²) in [7, 11) is -4.87. The average Bonchev–Trinajstić information content (AvgIpc) is 3.45. The number of piperidine rings is 1. The van der Waals surface area contributed by atoms with Crippen LogP contribution in [0.1, 0.15) is 54.3 Å². The fourth-order valence-corrected chi connectivity index (χ4v) is 6.55. The van der Waals surface area contributed by atoms with Crippen LogP contribution >= 0.6 is 7.82 Å². The van der Waals surface area contributed by atoms with E-state index in [2.05, 4.69) is 30.1 Å². The number of aliphatic imine (C=N–C) groups is 2. The summed E-state index contributed by atoms with van der Waals surface area (Å²) >= 11 is 0. The van der Waals surface area contributed by atoms with Gasteiger partial charge in [0.15, 0.2) is 0 Å². The molecule has 2 amide bonds. The molecule has 22 nitrogen and oxygen atoms in total. The van der Waals surface area contributed by atoms with Crippen molar-refractivity contribution in [1.29, 1.82) is 0 Å². The van der Waals surface area contributed by atoms with E-state index in [9.17, 15) is 43.5 Å². The van der Waals surface area contributed by atoms with Crippen molar-refractivity contribution in [1.82, 2.24) is 19.8 Å². The number of aromatic amines is 1. The number of carbonyl (C=O) groups is 4. The SMILES string of the molecule is NC1=NC(=O)C2C(=N1)CCC(CNc1ccc(C(=O)NC(CCC(=O)O)C(=O)O)cc1)N2Cc1cn([C@H]2C[C@H](O)[C@@H](COP(=O)(O)O)O2)c(=O)[nH]c1=O. The van der Waals surface area contributed by atoms with Crippen molar-refractivity contribution < 1.29 is 58.1 Å². The topological polar surface area (TPSA) is 338 Å². The molecule has 53 heavy (non-hydrogen) atoms. The van der Waals surface area contributed by atoms with E-state index in [0.717, 1.165) is 4.57 Å². The molecule has 0 bridgehead atoms. The number of fused-ring (bicyclic) bond motifs is 1. The maximum absolute atomic E-state index is 13.2. The number of aliphatic hydroxyl groups excluding tert-OH is 1. The molecule has 0 saturated carbocycles. The Hall–Kier alpha value is -5.09. The monoisotopic (exact) mass is 764 g/mol. The summed E-state index contributed by atoms with van der Waals surface area (Å²) in [6.45, 7) is -0.659. The molecule has 3 aliphatic heterocycles. The number of rotatable bonds is 15. The average molecular weight is 765 g/mol. The number of benzene rings is 1. The van der Waals surface area contributed by atoms with Gasteiger partial charge in [-0.3, -0.25) is 38.2 Å². The second-order valence-corrected chi connectivity index (χ2v) is 13.7. The number of anilines is 1.